The summed E-state index contributed by atoms with van der Waals surface area (Å²) in [6, 6.07) is 5.36. The molecule has 0 saturated carbocycles. The summed E-state index contributed by atoms with van der Waals surface area (Å²) in [5, 5.41) is 8.08. The second-order valence-corrected chi connectivity index (χ2v) is 21.3. The fourth-order valence-corrected chi connectivity index (χ4v) is 9.84. The predicted molar refractivity (Wildman–Crippen MR) is 258 cm³/mol. The van der Waals surface area contributed by atoms with Crippen molar-refractivity contribution in [1.82, 2.24) is 30.5 Å². The van der Waals surface area contributed by atoms with Crippen LogP contribution in [-0.4, -0.2) is 140 Å². The summed E-state index contributed by atoms with van der Waals surface area (Å²) in [5.74, 6) is 4.59. The number of carbonyl (C=O) groups is 5. The van der Waals surface area contributed by atoms with Gasteiger partial charge in [-0.1, -0.05) is 30.0 Å². The number of carbonyl (C=O) groups excluding carboxylic acids is 5. The smallest absolute Gasteiger partial charge is 0.488 e. The van der Waals surface area contributed by atoms with Crippen molar-refractivity contribution in [3.05, 3.63) is 60.6 Å². The Morgan fingerprint density at radius 1 is 1.04 bits per heavy atom. The lowest BCUT2D eigenvalue weighted by atomic mass is 10.0. The Kier molecular flexibility index (Phi) is 23.0. The molecule has 2 aromatic heterocycles. The first-order chi connectivity index (χ1) is 34.7. The second-order valence-electron chi connectivity index (χ2n) is 16.9. The van der Waals surface area contributed by atoms with E-state index in [-0.39, 0.29) is 93.1 Å². The lowest BCUT2D eigenvalue weighted by Gasteiger charge is -2.23. The van der Waals surface area contributed by atoms with E-state index < -0.39 is 85.1 Å². The molecule has 1 aliphatic heterocycles. The molecule has 3 amide bonds. The molecule has 0 radical (unpaired) electrons. The maximum Gasteiger partial charge on any atom is 0.490 e. The Bertz CT molecular complexity index is 2680. The van der Waals surface area contributed by atoms with E-state index in [2.05, 4.69) is 53.0 Å². The maximum atomic E-state index is 13.1. The first kappa shape index (κ1) is 61.1. The molecule has 28 nitrogen and oxygen atoms in total. The molecule has 1 aliphatic rings. The van der Waals surface area contributed by atoms with Gasteiger partial charge in [-0.3, -0.25) is 23.7 Å². The summed E-state index contributed by atoms with van der Waals surface area (Å²) in [6.07, 6.45) is -0.0521. The number of Topliss-reactive ketones (excluding diaryl/α,β-unsaturated/α-hetero) is 2. The number of nitrogens with zero attached hydrogens (tertiary/aromatic N) is 3. The van der Waals surface area contributed by atoms with E-state index in [0.29, 0.717) is 16.5 Å². The van der Waals surface area contributed by atoms with Gasteiger partial charge in [-0.15, -0.1) is 6.58 Å². The van der Waals surface area contributed by atoms with Gasteiger partial charge in [0.25, 0.3) is 0 Å². The molecule has 7 atom stereocenters. The van der Waals surface area contributed by atoms with E-state index in [4.69, 9.17) is 48.5 Å². The van der Waals surface area contributed by atoms with Crippen LogP contribution in [0.4, 0.5) is 10.6 Å². The molecule has 3 heterocycles. The third-order valence-electron chi connectivity index (χ3n) is 9.90. The normalized spacial score (nSPS) is 18.1. The van der Waals surface area contributed by atoms with Gasteiger partial charge in [0.1, 0.15) is 54.7 Å². The lowest BCUT2D eigenvalue weighted by Crippen LogP contribution is -2.45. The quantitative estimate of drug-likeness (QED) is 0.0163. The van der Waals surface area contributed by atoms with Crippen LogP contribution in [0, 0.1) is 11.8 Å². The number of hydrogen-bond acceptors (Lipinski definition) is 20. The SMILES string of the molecule is C=CCOC(COc1cccc(C(=O)CCCC(=O)C(CCNC(C)=O)NC(=O)OC(C)(C)C)c1)OCC(=O)NCC#Cc1cn(C2C[C@H](OC)[C@@H](COP(=O)(O)OP(=O)(O)OP(=O)(O)O)O2)c2ncnc(N)c12. The van der Waals surface area contributed by atoms with Gasteiger partial charge in [0.15, 0.2) is 17.9 Å². The summed E-state index contributed by atoms with van der Waals surface area (Å²) in [6.45, 7) is 8.58. The number of phosphoric ester groups is 1. The monoisotopic (exact) mass is 1100 g/mol. The Balaban J connectivity index is 1.30. The zero-order valence-electron chi connectivity index (χ0n) is 40.9. The number of amides is 3. The number of methoxy groups -OCH3 is 1. The summed E-state index contributed by atoms with van der Waals surface area (Å²) in [5.41, 5.74) is 6.29. The molecule has 1 aromatic carbocycles. The van der Waals surface area contributed by atoms with Crippen LogP contribution >= 0.6 is 23.5 Å². The minimum Gasteiger partial charge on any atom is -0.488 e. The van der Waals surface area contributed by atoms with Crippen molar-refractivity contribution in [2.45, 2.75) is 96.2 Å². The van der Waals surface area contributed by atoms with E-state index in [1.54, 1.807) is 39.0 Å². The molecule has 4 rings (SSSR count). The number of nitrogens with one attached hydrogen (secondary N) is 3. The standard InChI is InChI=1S/C43H60N7O21P3/c1-7-19-64-38(25-65-30-13-8-11-28(20-30)32(52)14-9-15-33(53)31(16-18-45-27(2)51)49-42(55)69-43(3,4)5)66-24-36(54)46-17-10-12-29-22-50(41-39(29)40(44)47-26-48-41)37-21-34(63-6)35(68-37)23-67-73(59,60)71-74(61,62)70-72(56,57)58/h7-8,11,13,20,22,26,31,34-35,37-38H,1,9,14-19,21,23-25H2,2-6H3,(H,45,51)(H,46,54)(H,49,55)(H,59,60)(H,61,62)(H2,44,47,48)(H2,56,57,58)/t31?,34-,35+,37?,38?/m0/s1. The van der Waals surface area contributed by atoms with Gasteiger partial charge in [0.05, 0.1) is 42.9 Å². The fraction of sp³-hybridized carbons (Fsp3) is 0.512. The zero-order valence-corrected chi connectivity index (χ0v) is 43.6. The van der Waals surface area contributed by atoms with Crippen molar-refractivity contribution in [3.63, 3.8) is 0 Å². The van der Waals surface area contributed by atoms with Crippen LogP contribution in [0.5, 0.6) is 5.75 Å². The third-order valence-corrected chi connectivity index (χ3v) is 13.7. The molecule has 5 unspecified atom stereocenters. The van der Waals surface area contributed by atoms with Crippen molar-refractivity contribution in [2.75, 3.05) is 52.4 Å². The Labute approximate surface area is 424 Å². The second kappa shape index (κ2) is 27.9. The molecule has 1 fully saturated rings. The number of hydrogen-bond donors (Lipinski definition) is 8. The van der Waals surface area contributed by atoms with Gasteiger partial charge in [0.2, 0.25) is 11.8 Å². The number of anilines is 1. The minimum atomic E-state index is -5.75. The molecule has 0 aliphatic carbocycles. The first-order valence-electron chi connectivity index (χ1n) is 22.4. The van der Waals surface area contributed by atoms with Gasteiger partial charge in [-0.25, -0.2) is 28.5 Å². The number of alkyl carbamates (subject to hydrolysis) is 1. The van der Waals surface area contributed by atoms with Gasteiger partial charge in [0, 0.05) is 51.6 Å². The van der Waals surface area contributed by atoms with E-state index in [1.165, 1.54) is 43.3 Å². The van der Waals surface area contributed by atoms with Crippen LogP contribution in [-0.2, 0) is 64.9 Å². The highest BCUT2D eigenvalue weighted by atomic mass is 31.3. The maximum absolute atomic E-state index is 13.1. The lowest BCUT2D eigenvalue weighted by molar-refractivity contribution is -0.162. The van der Waals surface area contributed by atoms with E-state index in [9.17, 15) is 47.5 Å². The molecular formula is C43H60N7O21P3. The average molecular weight is 1100 g/mol. The van der Waals surface area contributed by atoms with Crippen LogP contribution in [0.15, 0.2) is 49.4 Å². The molecule has 0 bridgehead atoms. The molecule has 31 heteroatoms. The van der Waals surface area contributed by atoms with Gasteiger partial charge in [-0.2, -0.15) is 8.62 Å². The summed E-state index contributed by atoms with van der Waals surface area (Å²) >= 11 is 0. The Morgan fingerprint density at radius 2 is 1.78 bits per heavy atom. The predicted octanol–water partition coefficient (Wildman–Crippen LogP) is 3.09. The number of nitrogen functional groups attached to an aromatic ring is 1. The van der Waals surface area contributed by atoms with E-state index in [1.807, 2.05) is 0 Å². The van der Waals surface area contributed by atoms with Crippen molar-refractivity contribution in [2.24, 2.45) is 0 Å². The molecular weight excluding hydrogens is 1040 g/mol. The van der Waals surface area contributed by atoms with Crippen LogP contribution in [0.3, 0.4) is 0 Å². The molecule has 1 saturated heterocycles. The molecule has 408 valence electrons. The average Bonchev–Trinajstić information content (AvgIpc) is 3.89. The van der Waals surface area contributed by atoms with Crippen molar-refractivity contribution in [3.8, 4) is 17.6 Å². The van der Waals surface area contributed by atoms with E-state index >= 15 is 0 Å². The Morgan fingerprint density at radius 3 is 2.46 bits per heavy atom. The highest BCUT2D eigenvalue weighted by molar-refractivity contribution is 7.66. The minimum absolute atomic E-state index is 0.00655. The van der Waals surface area contributed by atoms with Gasteiger partial charge >= 0.3 is 29.6 Å². The van der Waals surface area contributed by atoms with Gasteiger partial charge in [-0.05, 0) is 45.7 Å². The van der Waals surface area contributed by atoms with Crippen LogP contribution < -0.4 is 26.4 Å². The topological polar surface area (TPSA) is 393 Å². The zero-order chi connectivity index (χ0) is 54.9. The summed E-state index contributed by atoms with van der Waals surface area (Å²) in [4.78, 5) is 108. The number of ether oxygens (including phenoxy) is 6. The number of aromatic nitrogens is 3. The Hall–Kier alpha value is -5.46. The fourth-order valence-electron chi connectivity index (χ4n) is 6.81. The van der Waals surface area contributed by atoms with Crippen molar-refractivity contribution >= 4 is 69.8 Å². The van der Waals surface area contributed by atoms with Crippen molar-refractivity contribution in [1.29, 1.82) is 0 Å². The number of phosphoric acid groups is 3. The number of nitrogens with two attached hydrogens (primary N) is 1. The van der Waals surface area contributed by atoms with E-state index in [0.717, 1.165) is 0 Å². The highest BCUT2D eigenvalue weighted by Crippen LogP contribution is 2.66. The number of benzene rings is 1. The molecule has 9 N–H and O–H groups in total. The summed E-state index contributed by atoms with van der Waals surface area (Å²) in [7, 11) is -15.5. The van der Waals surface area contributed by atoms with Crippen LogP contribution in [0.2, 0.25) is 0 Å². The number of fused-ring (bicyclic) bond motifs is 1. The number of rotatable bonds is 29. The molecule has 74 heavy (non-hydrogen) atoms. The molecule has 0 spiro atoms. The number of ketones is 2. The van der Waals surface area contributed by atoms with Crippen LogP contribution in [0.25, 0.3) is 11.0 Å². The largest absolute Gasteiger partial charge is 0.490 e. The van der Waals surface area contributed by atoms with Crippen molar-refractivity contribution < 1.29 is 98.8 Å². The van der Waals surface area contributed by atoms with Crippen LogP contribution in [0.1, 0.15) is 81.9 Å². The summed E-state index contributed by atoms with van der Waals surface area (Å²) < 4.78 is 82.7. The highest BCUT2D eigenvalue weighted by Gasteiger charge is 2.43. The molecule has 3 aromatic rings. The first-order valence-corrected chi connectivity index (χ1v) is 26.9. The van der Waals surface area contributed by atoms with Gasteiger partial charge < -0.3 is 74.2 Å². The third kappa shape index (κ3) is 21.0.